The van der Waals surface area contributed by atoms with Gasteiger partial charge < -0.3 is 15.8 Å². The average Bonchev–Trinajstić information content (AvgIpc) is 2.61. The first-order valence-corrected chi connectivity index (χ1v) is 5.40. The molecule has 1 unspecified atom stereocenters. The van der Waals surface area contributed by atoms with Crippen LogP contribution in [0, 0.1) is 0 Å². The second kappa shape index (κ2) is 5.01. The van der Waals surface area contributed by atoms with Crippen LogP contribution in [-0.2, 0) is 11.2 Å². The Morgan fingerprint density at radius 1 is 1.71 bits per heavy atom. The number of carboxylic acids is 1. The molecular weight excluding hydrogens is 216 g/mol. The lowest BCUT2D eigenvalue weighted by Crippen LogP contribution is -2.46. The fourth-order valence-corrected chi connectivity index (χ4v) is 1.64. The number of rotatable bonds is 5. The third kappa shape index (κ3) is 2.85. The molecular formula is C13H18N2O2. The van der Waals surface area contributed by atoms with Crippen molar-refractivity contribution in [2.45, 2.75) is 25.8 Å². The van der Waals surface area contributed by atoms with Gasteiger partial charge in [0, 0.05) is 23.9 Å². The molecule has 4 nitrogen and oxygen atoms in total. The molecule has 0 aliphatic heterocycles. The van der Waals surface area contributed by atoms with Crippen molar-refractivity contribution in [3.63, 3.8) is 0 Å². The Morgan fingerprint density at radius 2 is 2.35 bits per heavy atom. The first-order valence-electron chi connectivity index (χ1n) is 5.40. The van der Waals surface area contributed by atoms with Gasteiger partial charge in [0.2, 0.25) is 0 Å². The van der Waals surface area contributed by atoms with E-state index in [2.05, 4.69) is 11.6 Å². The lowest BCUT2D eigenvalue weighted by Gasteiger charge is -2.18. The van der Waals surface area contributed by atoms with Crippen molar-refractivity contribution >= 4 is 18.1 Å². The van der Waals surface area contributed by atoms with Gasteiger partial charge in [-0.1, -0.05) is 18.7 Å². The van der Waals surface area contributed by atoms with Gasteiger partial charge in [-0.25, -0.2) is 0 Å². The molecule has 0 aliphatic carbocycles. The topological polar surface area (TPSA) is 79.1 Å². The standard InChI is InChI=1S/C13H18N2O2/c1-4-6-10-9(8-15-11(10)5-2)7-13(3,14)12(16)17/h4-6,8,15H,2,7,14H2,1,3H3,(H,16,17)/b6-4-. The first kappa shape index (κ1) is 13.3. The molecule has 0 fully saturated rings. The van der Waals surface area contributed by atoms with Crippen molar-refractivity contribution in [1.29, 1.82) is 0 Å². The summed E-state index contributed by atoms with van der Waals surface area (Å²) in [6.45, 7) is 7.12. The summed E-state index contributed by atoms with van der Waals surface area (Å²) in [5, 5.41) is 9.01. The second-order valence-corrected chi connectivity index (χ2v) is 4.24. The summed E-state index contributed by atoms with van der Waals surface area (Å²) in [4.78, 5) is 14.1. The van der Waals surface area contributed by atoms with E-state index in [1.54, 1.807) is 12.3 Å². The number of hydrogen-bond acceptors (Lipinski definition) is 2. The van der Waals surface area contributed by atoms with Gasteiger partial charge in [-0.15, -0.1) is 0 Å². The van der Waals surface area contributed by atoms with Crippen LogP contribution < -0.4 is 5.73 Å². The number of aromatic nitrogens is 1. The maximum atomic E-state index is 11.0. The summed E-state index contributed by atoms with van der Waals surface area (Å²) in [6.07, 6.45) is 7.56. The molecule has 0 bridgehead atoms. The normalized spacial score (nSPS) is 14.8. The summed E-state index contributed by atoms with van der Waals surface area (Å²) in [6, 6.07) is 0. The maximum Gasteiger partial charge on any atom is 0.323 e. The molecule has 0 amide bonds. The number of nitrogens with two attached hydrogens (primary N) is 1. The van der Waals surface area contributed by atoms with E-state index in [0.717, 1.165) is 16.8 Å². The zero-order valence-electron chi connectivity index (χ0n) is 10.2. The number of carbonyl (C=O) groups is 1. The Kier molecular flexibility index (Phi) is 3.91. The number of allylic oxidation sites excluding steroid dienone is 1. The van der Waals surface area contributed by atoms with Crippen molar-refractivity contribution < 1.29 is 9.90 Å². The molecule has 92 valence electrons. The number of aliphatic carboxylic acids is 1. The van der Waals surface area contributed by atoms with Gasteiger partial charge in [-0.2, -0.15) is 0 Å². The van der Waals surface area contributed by atoms with Gasteiger partial charge in [0.05, 0.1) is 0 Å². The number of hydrogen-bond donors (Lipinski definition) is 3. The third-order valence-corrected chi connectivity index (χ3v) is 2.62. The zero-order chi connectivity index (χ0) is 13.1. The fraction of sp³-hybridized carbons (Fsp3) is 0.308. The fourth-order valence-electron chi connectivity index (χ4n) is 1.64. The van der Waals surface area contributed by atoms with Crippen LogP contribution in [0.5, 0.6) is 0 Å². The Hall–Kier alpha value is -1.81. The molecule has 1 atom stereocenters. The second-order valence-electron chi connectivity index (χ2n) is 4.24. The molecule has 0 saturated heterocycles. The van der Waals surface area contributed by atoms with Gasteiger partial charge in [-0.3, -0.25) is 4.79 Å². The highest BCUT2D eigenvalue weighted by Gasteiger charge is 2.29. The van der Waals surface area contributed by atoms with Crippen molar-refractivity contribution in [1.82, 2.24) is 4.98 Å². The Labute approximate surface area is 101 Å². The van der Waals surface area contributed by atoms with Crippen molar-refractivity contribution in [2.24, 2.45) is 5.73 Å². The van der Waals surface area contributed by atoms with E-state index in [-0.39, 0.29) is 6.42 Å². The van der Waals surface area contributed by atoms with Crippen molar-refractivity contribution in [2.75, 3.05) is 0 Å². The molecule has 0 saturated carbocycles. The highest BCUT2D eigenvalue weighted by Crippen LogP contribution is 2.21. The largest absolute Gasteiger partial charge is 0.480 e. The Bertz CT molecular complexity index is 456. The summed E-state index contributed by atoms with van der Waals surface area (Å²) in [5.41, 5.74) is 7.18. The van der Waals surface area contributed by atoms with Crippen molar-refractivity contribution in [3.8, 4) is 0 Å². The minimum absolute atomic E-state index is 0.270. The van der Waals surface area contributed by atoms with Crippen LogP contribution in [0.3, 0.4) is 0 Å². The smallest absolute Gasteiger partial charge is 0.323 e. The van der Waals surface area contributed by atoms with Crippen LogP contribution >= 0.6 is 0 Å². The Balaban J connectivity index is 3.11. The lowest BCUT2D eigenvalue weighted by molar-refractivity contribution is -0.142. The molecule has 4 heteroatoms. The summed E-state index contributed by atoms with van der Waals surface area (Å²) in [7, 11) is 0. The molecule has 0 radical (unpaired) electrons. The molecule has 0 spiro atoms. The van der Waals surface area contributed by atoms with Crippen LogP contribution in [-0.4, -0.2) is 21.6 Å². The number of aromatic amines is 1. The van der Waals surface area contributed by atoms with Crippen LogP contribution in [0.15, 0.2) is 18.9 Å². The van der Waals surface area contributed by atoms with Gasteiger partial charge in [0.1, 0.15) is 5.54 Å². The molecule has 1 aromatic rings. The minimum Gasteiger partial charge on any atom is -0.480 e. The minimum atomic E-state index is -1.27. The molecule has 4 N–H and O–H groups in total. The Morgan fingerprint density at radius 3 is 2.82 bits per heavy atom. The van der Waals surface area contributed by atoms with E-state index in [0.29, 0.717) is 0 Å². The maximum absolute atomic E-state index is 11.0. The van der Waals surface area contributed by atoms with E-state index in [9.17, 15) is 4.79 Å². The van der Waals surface area contributed by atoms with Crippen LogP contribution in [0.1, 0.15) is 30.7 Å². The van der Waals surface area contributed by atoms with Gasteiger partial charge in [0.25, 0.3) is 0 Å². The molecule has 1 aromatic heterocycles. The van der Waals surface area contributed by atoms with Crippen LogP contribution in [0.25, 0.3) is 12.2 Å². The number of H-pyrrole nitrogens is 1. The van der Waals surface area contributed by atoms with Crippen LogP contribution in [0.2, 0.25) is 0 Å². The van der Waals surface area contributed by atoms with Crippen molar-refractivity contribution in [3.05, 3.63) is 35.7 Å². The monoisotopic (exact) mass is 234 g/mol. The predicted octanol–water partition coefficient (Wildman–Crippen LogP) is 2.04. The average molecular weight is 234 g/mol. The predicted molar refractivity (Wildman–Crippen MR) is 69.5 cm³/mol. The van der Waals surface area contributed by atoms with E-state index >= 15 is 0 Å². The number of carboxylic acid groups (broad SMARTS) is 1. The SMILES string of the molecule is C=Cc1[nH]cc(CC(C)(N)C(=O)O)c1/C=C\C. The van der Waals surface area contributed by atoms with Crippen LogP contribution in [0.4, 0.5) is 0 Å². The molecule has 17 heavy (non-hydrogen) atoms. The molecule has 0 aliphatic rings. The molecule has 1 heterocycles. The first-order chi connectivity index (χ1) is 7.92. The van der Waals surface area contributed by atoms with E-state index in [1.165, 1.54) is 6.92 Å². The summed E-state index contributed by atoms with van der Waals surface area (Å²) >= 11 is 0. The van der Waals surface area contributed by atoms with Gasteiger partial charge in [-0.05, 0) is 25.5 Å². The van der Waals surface area contributed by atoms with E-state index in [1.807, 2.05) is 19.1 Å². The van der Waals surface area contributed by atoms with Gasteiger partial charge in [0.15, 0.2) is 0 Å². The highest BCUT2D eigenvalue weighted by molar-refractivity contribution is 5.79. The summed E-state index contributed by atoms with van der Waals surface area (Å²) < 4.78 is 0. The summed E-state index contributed by atoms with van der Waals surface area (Å²) in [5.74, 6) is -1.01. The zero-order valence-corrected chi connectivity index (χ0v) is 10.2. The van der Waals surface area contributed by atoms with Gasteiger partial charge >= 0.3 is 5.97 Å². The molecule has 0 aromatic carbocycles. The van der Waals surface area contributed by atoms with E-state index in [4.69, 9.17) is 10.8 Å². The van der Waals surface area contributed by atoms with E-state index < -0.39 is 11.5 Å². The third-order valence-electron chi connectivity index (χ3n) is 2.62. The lowest BCUT2D eigenvalue weighted by atomic mass is 9.93. The highest BCUT2D eigenvalue weighted by atomic mass is 16.4. The molecule has 1 rings (SSSR count). The quantitative estimate of drug-likeness (QED) is 0.729. The number of nitrogens with one attached hydrogen (secondary N) is 1.